The quantitative estimate of drug-likeness (QED) is 0.780. The lowest BCUT2D eigenvalue weighted by Gasteiger charge is -2.26. The van der Waals surface area contributed by atoms with Crippen molar-refractivity contribution in [2.75, 3.05) is 6.61 Å². The number of carbonyl (C=O) groups is 1. The lowest BCUT2D eigenvalue weighted by atomic mass is 9.88. The number of amides is 1. The number of aromatic nitrogens is 3. The number of hydrogen-bond acceptors (Lipinski definition) is 4. The zero-order valence-corrected chi connectivity index (χ0v) is 14.2. The van der Waals surface area contributed by atoms with Gasteiger partial charge in [0.1, 0.15) is 11.0 Å². The highest BCUT2D eigenvalue weighted by molar-refractivity contribution is 6.31. The van der Waals surface area contributed by atoms with E-state index in [2.05, 4.69) is 27.8 Å². The van der Waals surface area contributed by atoms with Gasteiger partial charge in [-0.1, -0.05) is 40.7 Å². The fourth-order valence-corrected chi connectivity index (χ4v) is 3.39. The van der Waals surface area contributed by atoms with Crippen LogP contribution in [0.4, 0.5) is 0 Å². The molecule has 1 heterocycles. The van der Waals surface area contributed by atoms with Gasteiger partial charge in [0.15, 0.2) is 6.61 Å². The first-order valence-corrected chi connectivity index (χ1v) is 8.60. The summed E-state index contributed by atoms with van der Waals surface area (Å²) in [7, 11) is 0. The maximum atomic E-state index is 12.3. The highest BCUT2D eigenvalue weighted by Gasteiger charge is 2.21. The molecule has 6 nitrogen and oxygen atoms in total. The van der Waals surface area contributed by atoms with E-state index in [1.54, 1.807) is 18.2 Å². The minimum atomic E-state index is -0.188. The first-order chi connectivity index (χ1) is 12.2. The molecule has 128 valence electrons. The number of rotatable bonds is 4. The second-order valence-corrected chi connectivity index (χ2v) is 6.52. The molecule has 1 aliphatic carbocycles. The van der Waals surface area contributed by atoms with Gasteiger partial charge in [-0.3, -0.25) is 4.79 Å². The Morgan fingerprint density at radius 2 is 2.20 bits per heavy atom. The van der Waals surface area contributed by atoms with Crippen molar-refractivity contribution in [3.63, 3.8) is 0 Å². The monoisotopic (exact) mass is 356 g/mol. The second-order valence-electron chi connectivity index (χ2n) is 6.08. The van der Waals surface area contributed by atoms with Gasteiger partial charge in [-0.05, 0) is 53.8 Å². The Kier molecular flexibility index (Phi) is 4.28. The number of hydrogen-bond donors (Lipinski definition) is 1. The van der Waals surface area contributed by atoms with E-state index in [0.29, 0.717) is 16.1 Å². The summed E-state index contributed by atoms with van der Waals surface area (Å²) in [5, 5.41) is 11.5. The predicted molar refractivity (Wildman–Crippen MR) is 94.2 cm³/mol. The Balaban J connectivity index is 1.42. The van der Waals surface area contributed by atoms with Crippen molar-refractivity contribution in [3.8, 4) is 0 Å². The number of halogens is 1. The minimum Gasteiger partial charge on any atom is -0.385 e. The zero-order valence-electron chi connectivity index (χ0n) is 13.5. The van der Waals surface area contributed by atoms with E-state index in [4.69, 9.17) is 16.4 Å². The first kappa shape index (κ1) is 15.9. The van der Waals surface area contributed by atoms with Gasteiger partial charge in [-0.25, -0.2) is 0 Å². The molecule has 1 aromatic heterocycles. The second kappa shape index (κ2) is 6.72. The summed E-state index contributed by atoms with van der Waals surface area (Å²) in [4.78, 5) is 19.0. The molecule has 0 radical (unpaired) electrons. The van der Waals surface area contributed by atoms with Gasteiger partial charge in [0.2, 0.25) is 0 Å². The lowest BCUT2D eigenvalue weighted by molar-refractivity contribution is -0.127. The van der Waals surface area contributed by atoms with Crippen molar-refractivity contribution in [1.29, 1.82) is 0 Å². The van der Waals surface area contributed by atoms with Crippen molar-refractivity contribution in [2.24, 2.45) is 0 Å². The van der Waals surface area contributed by atoms with Crippen LogP contribution in [0.15, 0.2) is 42.5 Å². The standard InChI is InChI=1S/C18H17ClN4O2/c19-13-8-9-16-17(10-13)23(22-21-16)25-11-18(24)20-15-7-3-5-12-4-1-2-6-14(12)15/h1-2,4,6,8-10,15H,3,5,7,11H2,(H,20,24)/t15-/m0/s1. The van der Waals surface area contributed by atoms with Crippen LogP contribution in [0.2, 0.25) is 5.02 Å². The van der Waals surface area contributed by atoms with Crippen LogP contribution < -0.4 is 10.2 Å². The third-order valence-electron chi connectivity index (χ3n) is 4.40. The van der Waals surface area contributed by atoms with Crippen molar-refractivity contribution >= 4 is 28.5 Å². The molecule has 25 heavy (non-hydrogen) atoms. The van der Waals surface area contributed by atoms with Gasteiger partial charge >= 0.3 is 0 Å². The zero-order chi connectivity index (χ0) is 17.2. The van der Waals surface area contributed by atoms with Crippen LogP contribution in [-0.4, -0.2) is 27.7 Å². The number of aryl methyl sites for hydroxylation is 1. The Morgan fingerprint density at radius 3 is 3.12 bits per heavy atom. The average molecular weight is 357 g/mol. The molecule has 1 atom stereocenters. The molecule has 0 saturated heterocycles. The van der Waals surface area contributed by atoms with Crippen LogP contribution in [0.25, 0.3) is 11.0 Å². The summed E-state index contributed by atoms with van der Waals surface area (Å²) in [6.45, 7) is -0.135. The number of carbonyl (C=O) groups excluding carboxylic acids is 1. The van der Waals surface area contributed by atoms with Crippen LogP contribution in [0, 0.1) is 0 Å². The molecule has 1 aliphatic rings. The normalized spacial score (nSPS) is 16.4. The van der Waals surface area contributed by atoms with E-state index in [9.17, 15) is 4.79 Å². The Hall–Kier alpha value is -2.60. The number of nitrogens with zero attached hydrogens (tertiary/aromatic N) is 3. The molecule has 1 N–H and O–H groups in total. The summed E-state index contributed by atoms with van der Waals surface area (Å²) in [6, 6.07) is 13.5. The Bertz CT molecular complexity index is 924. The highest BCUT2D eigenvalue weighted by atomic mass is 35.5. The maximum absolute atomic E-state index is 12.3. The van der Waals surface area contributed by atoms with Gasteiger partial charge < -0.3 is 10.2 Å². The van der Waals surface area contributed by atoms with Crippen LogP contribution in [0.5, 0.6) is 0 Å². The summed E-state index contributed by atoms with van der Waals surface area (Å²) in [5.41, 5.74) is 3.78. The van der Waals surface area contributed by atoms with E-state index in [1.165, 1.54) is 16.0 Å². The number of benzene rings is 2. The van der Waals surface area contributed by atoms with Crippen LogP contribution in [0.3, 0.4) is 0 Å². The molecular weight excluding hydrogens is 340 g/mol. The van der Waals surface area contributed by atoms with E-state index < -0.39 is 0 Å². The van der Waals surface area contributed by atoms with Gasteiger partial charge in [0, 0.05) is 5.02 Å². The summed E-state index contributed by atoms with van der Waals surface area (Å²) >= 11 is 5.98. The average Bonchev–Trinajstić information content (AvgIpc) is 3.02. The van der Waals surface area contributed by atoms with E-state index >= 15 is 0 Å². The summed E-state index contributed by atoms with van der Waals surface area (Å²) in [6.07, 6.45) is 3.06. The Morgan fingerprint density at radius 1 is 1.32 bits per heavy atom. The maximum Gasteiger partial charge on any atom is 0.261 e. The molecule has 0 unspecified atom stereocenters. The highest BCUT2D eigenvalue weighted by Crippen LogP contribution is 2.29. The van der Waals surface area contributed by atoms with Crippen LogP contribution in [0.1, 0.15) is 30.0 Å². The third-order valence-corrected chi connectivity index (χ3v) is 4.63. The van der Waals surface area contributed by atoms with Gasteiger partial charge in [-0.15, -0.1) is 5.10 Å². The minimum absolute atomic E-state index is 0.0305. The molecule has 4 rings (SSSR count). The molecule has 2 aromatic carbocycles. The van der Waals surface area contributed by atoms with Crippen LogP contribution >= 0.6 is 11.6 Å². The molecule has 0 aliphatic heterocycles. The largest absolute Gasteiger partial charge is 0.385 e. The van der Waals surface area contributed by atoms with E-state index in [-0.39, 0.29) is 18.6 Å². The summed E-state index contributed by atoms with van der Waals surface area (Å²) < 4.78 is 0. The topological polar surface area (TPSA) is 69.0 Å². The molecule has 0 saturated carbocycles. The molecule has 0 spiro atoms. The van der Waals surface area contributed by atoms with Gasteiger partial charge in [0.05, 0.1) is 6.04 Å². The molecule has 3 aromatic rings. The molecule has 7 heteroatoms. The number of fused-ring (bicyclic) bond motifs is 2. The van der Waals surface area contributed by atoms with Gasteiger partial charge in [-0.2, -0.15) is 0 Å². The number of nitrogens with one attached hydrogen (secondary N) is 1. The fourth-order valence-electron chi connectivity index (χ4n) is 3.23. The first-order valence-electron chi connectivity index (χ1n) is 8.22. The van der Waals surface area contributed by atoms with Gasteiger partial charge in [0.25, 0.3) is 5.91 Å². The van der Waals surface area contributed by atoms with Crippen molar-refractivity contribution in [2.45, 2.75) is 25.3 Å². The SMILES string of the molecule is O=C(COn1nnc2ccc(Cl)cc21)N[C@H]1CCCc2ccccc21. The molecule has 0 fully saturated rings. The molecular formula is C18H17ClN4O2. The summed E-state index contributed by atoms with van der Waals surface area (Å²) in [5.74, 6) is -0.188. The lowest BCUT2D eigenvalue weighted by Crippen LogP contribution is -2.36. The van der Waals surface area contributed by atoms with Crippen LogP contribution in [-0.2, 0) is 11.2 Å². The molecule has 0 bridgehead atoms. The predicted octanol–water partition coefficient (Wildman–Crippen LogP) is 2.71. The van der Waals surface area contributed by atoms with E-state index in [1.807, 2.05) is 12.1 Å². The van der Waals surface area contributed by atoms with E-state index in [0.717, 1.165) is 19.3 Å². The van der Waals surface area contributed by atoms with Crippen molar-refractivity contribution in [3.05, 3.63) is 58.6 Å². The smallest absolute Gasteiger partial charge is 0.261 e. The van der Waals surface area contributed by atoms with Crippen molar-refractivity contribution < 1.29 is 9.63 Å². The Labute approximate surface area is 149 Å². The van der Waals surface area contributed by atoms with Crippen molar-refractivity contribution in [1.82, 2.24) is 20.5 Å². The molecule has 1 amide bonds. The fraction of sp³-hybridized carbons (Fsp3) is 0.278. The third kappa shape index (κ3) is 3.30.